The van der Waals surface area contributed by atoms with Crippen molar-refractivity contribution in [2.75, 3.05) is 56.7 Å². The van der Waals surface area contributed by atoms with Gasteiger partial charge in [0.15, 0.2) is 0 Å². The Hall–Kier alpha value is -4.93. The Morgan fingerprint density at radius 2 is 1.47 bits per heavy atom. The van der Waals surface area contributed by atoms with Crippen LogP contribution in [0.2, 0.25) is 0 Å². The molecule has 234 valence electrons. The van der Waals surface area contributed by atoms with E-state index in [2.05, 4.69) is 20.4 Å². The van der Waals surface area contributed by atoms with E-state index in [4.69, 9.17) is 14.2 Å². The lowest BCUT2D eigenvalue weighted by molar-refractivity contribution is -0.128. The molecule has 5 rings (SSSR count). The zero-order chi connectivity index (χ0) is 31.4. The van der Waals surface area contributed by atoms with Crippen LogP contribution < -0.4 is 25.0 Å². The lowest BCUT2D eigenvalue weighted by atomic mass is 10.2. The summed E-state index contributed by atoms with van der Waals surface area (Å²) in [4.78, 5) is 30.8. The zero-order valence-electron chi connectivity index (χ0n) is 25.2. The van der Waals surface area contributed by atoms with Gasteiger partial charge in [0, 0.05) is 31.9 Å². The third-order valence-corrected chi connectivity index (χ3v) is 7.38. The Morgan fingerprint density at radius 3 is 2.16 bits per heavy atom. The van der Waals surface area contributed by atoms with Gasteiger partial charge < -0.3 is 29.7 Å². The molecule has 4 aromatic carbocycles. The minimum Gasteiger partial charge on any atom is -0.495 e. The summed E-state index contributed by atoms with van der Waals surface area (Å²) in [5, 5.41) is 5.74. The maximum atomic E-state index is 13.3. The van der Waals surface area contributed by atoms with E-state index in [1.165, 1.54) is 24.3 Å². The van der Waals surface area contributed by atoms with Crippen LogP contribution in [0.1, 0.15) is 5.56 Å². The summed E-state index contributed by atoms with van der Waals surface area (Å²) in [6, 6.07) is 29.1. The number of hydrogen-bond donors (Lipinski definition) is 2. The molecular weight excluding hydrogens is 575 g/mol. The van der Waals surface area contributed by atoms with Gasteiger partial charge in [-0.05, 0) is 66.2 Å². The normalized spacial score (nSPS) is 14.0. The number of hydrogen-bond acceptors (Lipinski definition) is 7. The molecule has 2 N–H and O–H groups in total. The van der Waals surface area contributed by atoms with E-state index in [9.17, 15) is 14.0 Å². The Labute approximate surface area is 262 Å². The third-order valence-electron chi connectivity index (χ3n) is 7.38. The van der Waals surface area contributed by atoms with Crippen LogP contribution >= 0.6 is 0 Å². The first-order valence-corrected chi connectivity index (χ1v) is 14.8. The molecule has 0 radical (unpaired) electrons. The number of para-hydroxylation sites is 2. The highest BCUT2D eigenvalue weighted by Gasteiger charge is 2.25. The second-order valence-corrected chi connectivity index (χ2v) is 10.6. The molecule has 0 aromatic heterocycles. The highest BCUT2D eigenvalue weighted by Crippen LogP contribution is 2.28. The van der Waals surface area contributed by atoms with Gasteiger partial charge in [-0.25, -0.2) is 4.39 Å². The lowest BCUT2D eigenvalue weighted by Gasteiger charge is -2.36. The number of methoxy groups -OCH3 is 1. The summed E-state index contributed by atoms with van der Waals surface area (Å²) < 4.78 is 30.3. The van der Waals surface area contributed by atoms with E-state index < -0.39 is 11.9 Å². The summed E-state index contributed by atoms with van der Waals surface area (Å²) in [6.07, 6.45) is 0. The van der Waals surface area contributed by atoms with Gasteiger partial charge in [0.2, 0.25) is 11.8 Å². The Morgan fingerprint density at radius 1 is 0.822 bits per heavy atom. The molecule has 45 heavy (non-hydrogen) atoms. The molecule has 9 nitrogen and oxygen atoms in total. The fourth-order valence-corrected chi connectivity index (χ4v) is 5.01. The number of halogens is 1. The number of ether oxygens (including phenoxy) is 3. The quantitative estimate of drug-likeness (QED) is 0.217. The van der Waals surface area contributed by atoms with Crippen LogP contribution in [0.5, 0.6) is 17.2 Å². The van der Waals surface area contributed by atoms with Crippen molar-refractivity contribution in [3.8, 4) is 17.2 Å². The van der Waals surface area contributed by atoms with E-state index in [0.717, 1.165) is 30.1 Å². The van der Waals surface area contributed by atoms with E-state index in [1.807, 2.05) is 54.6 Å². The summed E-state index contributed by atoms with van der Waals surface area (Å²) in [7, 11) is 1.66. The zero-order valence-corrected chi connectivity index (χ0v) is 25.2. The monoisotopic (exact) mass is 612 g/mol. The summed E-state index contributed by atoms with van der Waals surface area (Å²) in [6.45, 7) is 3.36. The predicted octanol–water partition coefficient (Wildman–Crippen LogP) is 5.09. The Kier molecular flexibility index (Phi) is 11.0. The second kappa shape index (κ2) is 15.7. The molecule has 1 aliphatic rings. The number of amides is 2. The largest absolute Gasteiger partial charge is 0.495 e. The molecule has 1 fully saturated rings. The van der Waals surface area contributed by atoms with Crippen molar-refractivity contribution in [2.45, 2.75) is 12.6 Å². The van der Waals surface area contributed by atoms with Crippen molar-refractivity contribution in [3.63, 3.8) is 0 Å². The smallest absolute Gasteiger partial charge is 0.249 e. The van der Waals surface area contributed by atoms with Gasteiger partial charge in [-0.15, -0.1) is 0 Å². The van der Waals surface area contributed by atoms with Crippen molar-refractivity contribution in [2.24, 2.45) is 0 Å². The first kappa shape index (κ1) is 31.5. The topological polar surface area (TPSA) is 92.4 Å². The van der Waals surface area contributed by atoms with Gasteiger partial charge in [-0.1, -0.05) is 42.5 Å². The van der Waals surface area contributed by atoms with E-state index in [0.29, 0.717) is 36.9 Å². The van der Waals surface area contributed by atoms with Gasteiger partial charge in [-0.3, -0.25) is 14.5 Å². The number of anilines is 2. The fraction of sp³-hybridized carbons (Fsp3) is 0.257. The third kappa shape index (κ3) is 9.28. The van der Waals surface area contributed by atoms with Gasteiger partial charge >= 0.3 is 0 Å². The van der Waals surface area contributed by atoms with E-state index in [1.54, 1.807) is 31.4 Å². The molecule has 1 aliphatic heterocycles. The maximum Gasteiger partial charge on any atom is 0.249 e. The number of nitrogens with one attached hydrogen (secondary N) is 2. The number of benzene rings is 4. The fourth-order valence-electron chi connectivity index (χ4n) is 5.01. The molecule has 0 aliphatic carbocycles. The molecule has 0 bridgehead atoms. The minimum atomic E-state index is -0.911. The van der Waals surface area contributed by atoms with Crippen molar-refractivity contribution in [3.05, 3.63) is 115 Å². The summed E-state index contributed by atoms with van der Waals surface area (Å²) in [5.74, 6) is 0.843. The van der Waals surface area contributed by atoms with E-state index >= 15 is 0 Å². The van der Waals surface area contributed by atoms with Crippen LogP contribution in [0, 0.1) is 5.82 Å². The lowest BCUT2D eigenvalue weighted by Crippen LogP contribution is -2.53. The first-order valence-electron chi connectivity index (χ1n) is 14.8. The van der Waals surface area contributed by atoms with E-state index in [-0.39, 0.29) is 24.9 Å². The van der Waals surface area contributed by atoms with Crippen molar-refractivity contribution in [1.29, 1.82) is 0 Å². The van der Waals surface area contributed by atoms with Crippen molar-refractivity contribution < 1.29 is 28.2 Å². The molecule has 1 heterocycles. The van der Waals surface area contributed by atoms with Crippen LogP contribution in [-0.4, -0.2) is 69.2 Å². The molecule has 1 unspecified atom stereocenters. The Balaban J connectivity index is 1.16. The average Bonchev–Trinajstić information content (AvgIpc) is 3.07. The summed E-state index contributed by atoms with van der Waals surface area (Å²) >= 11 is 0. The minimum absolute atomic E-state index is 0.000190. The van der Waals surface area contributed by atoms with Crippen LogP contribution in [0.4, 0.5) is 15.8 Å². The molecule has 1 atom stereocenters. The number of carbonyl (C=O) groups excluding carboxylic acids is 2. The molecule has 10 heteroatoms. The highest BCUT2D eigenvalue weighted by atomic mass is 19.1. The number of piperazine rings is 1. The van der Waals surface area contributed by atoms with Crippen molar-refractivity contribution in [1.82, 2.24) is 10.2 Å². The second-order valence-electron chi connectivity index (χ2n) is 10.6. The van der Waals surface area contributed by atoms with Crippen LogP contribution in [0.3, 0.4) is 0 Å². The molecule has 2 amide bonds. The van der Waals surface area contributed by atoms with Crippen molar-refractivity contribution >= 4 is 23.2 Å². The number of carbonyl (C=O) groups is 2. The van der Waals surface area contributed by atoms with Gasteiger partial charge in [0.25, 0.3) is 0 Å². The standard InChI is InChI=1S/C35H37FN4O5/c1-43-33-10-6-5-9-32(33)40-21-19-39(20-22-40)23-34(41)38-31(25-44-24-26-7-3-2-4-8-26)35(42)37-28-13-17-30(18-14-28)45-29-15-11-27(36)12-16-29/h2-18,31H,19-25H2,1H3,(H,37,42)(H,38,41). The maximum absolute atomic E-state index is 13.3. The molecule has 1 saturated heterocycles. The molecule has 4 aromatic rings. The molecule has 0 spiro atoms. The Bertz CT molecular complexity index is 1530. The number of nitrogens with zero attached hydrogens (tertiary/aromatic N) is 2. The molecular formula is C35H37FN4O5. The highest BCUT2D eigenvalue weighted by molar-refractivity contribution is 5.97. The number of rotatable bonds is 13. The van der Waals surface area contributed by atoms with Crippen LogP contribution in [-0.2, 0) is 20.9 Å². The van der Waals surface area contributed by atoms with Crippen LogP contribution in [0.15, 0.2) is 103 Å². The molecule has 0 saturated carbocycles. The van der Waals surface area contributed by atoms with Crippen LogP contribution in [0.25, 0.3) is 0 Å². The van der Waals surface area contributed by atoms with Gasteiger partial charge in [0.05, 0.1) is 32.6 Å². The van der Waals surface area contributed by atoms with Gasteiger partial charge in [0.1, 0.15) is 29.1 Å². The van der Waals surface area contributed by atoms with Gasteiger partial charge in [-0.2, -0.15) is 0 Å². The predicted molar refractivity (Wildman–Crippen MR) is 171 cm³/mol. The summed E-state index contributed by atoms with van der Waals surface area (Å²) in [5.41, 5.74) is 2.53. The average molecular weight is 613 g/mol. The first-order chi connectivity index (χ1) is 22.0. The SMILES string of the molecule is COc1ccccc1N1CCN(CC(=O)NC(COCc2ccccc2)C(=O)Nc2ccc(Oc3ccc(F)cc3)cc2)CC1.